The maximum absolute atomic E-state index is 5.86. The van der Waals surface area contributed by atoms with E-state index in [4.69, 9.17) is 14.5 Å². The number of nitrogens with one attached hydrogen (secondary N) is 2. The molecule has 2 rings (SSSR count). The highest BCUT2D eigenvalue weighted by Gasteiger charge is 2.08. The molecule has 148 valence electrons. The van der Waals surface area contributed by atoms with Gasteiger partial charge in [0.1, 0.15) is 12.4 Å². The van der Waals surface area contributed by atoms with E-state index < -0.39 is 0 Å². The van der Waals surface area contributed by atoms with Gasteiger partial charge < -0.3 is 20.1 Å². The van der Waals surface area contributed by atoms with Gasteiger partial charge in [-0.05, 0) is 53.8 Å². The molecular formula is C21H31N3O2S. The quantitative estimate of drug-likeness (QED) is 0.367. The molecule has 0 aliphatic carbocycles. The van der Waals surface area contributed by atoms with Gasteiger partial charge in [-0.2, -0.15) is 11.3 Å². The van der Waals surface area contributed by atoms with Crippen molar-refractivity contribution < 1.29 is 9.47 Å². The Morgan fingerprint density at radius 1 is 1.22 bits per heavy atom. The molecule has 1 aromatic heterocycles. The summed E-state index contributed by atoms with van der Waals surface area (Å²) in [5.41, 5.74) is 3.60. The molecule has 0 aliphatic heterocycles. The van der Waals surface area contributed by atoms with Crippen LogP contribution in [0, 0.1) is 6.92 Å². The zero-order chi connectivity index (χ0) is 19.5. The molecule has 0 saturated heterocycles. The van der Waals surface area contributed by atoms with Crippen LogP contribution in [0.1, 0.15) is 36.5 Å². The second kappa shape index (κ2) is 11.6. The Kier molecular flexibility index (Phi) is 9.15. The average Bonchev–Trinajstić information content (AvgIpc) is 3.20. The Morgan fingerprint density at radius 3 is 2.78 bits per heavy atom. The van der Waals surface area contributed by atoms with Crippen LogP contribution in [0.2, 0.25) is 0 Å². The largest absolute Gasteiger partial charge is 0.491 e. The Balaban J connectivity index is 2.00. The van der Waals surface area contributed by atoms with E-state index in [1.54, 1.807) is 18.4 Å². The third-order valence-electron chi connectivity index (χ3n) is 4.21. The predicted octanol–water partition coefficient (Wildman–Crippen LogP) is 3.94. The van der Waals surface area contributed by atoms with Crippen LogP contribution < -0.4 is 15.4 Å². The summed E-state index contributed by atoms with van der Waals surface area (Å²) in [5.74, 6) is 2.13. The maximum Gasteiger partial charge on any atom is 0.191 e. The lowest BCUT2D eigenvalue weighted by atomic mass is 10.1. The smallest absolute Gasteiger partial charge is 0.191 e. The lowest BCUT2D eigenvalue weighted by Gasteiger charge is -2.16. The molecule has 0 bridgehead atoms. The van der Waals surface area contributed by atoms with Crippen molar-refractivity contribution in [1.82, 2.24) is 10.6 Å². The topological polar surface area (TPSA) is 54.9 Å². The van der Waals surface area contributed by atoms with Crippen molar-refractivity contribution in [2.24, 2.45) is 4.99 Å². The Labute approximate surface area is 166 Å². The lowest BCUT2D eigenvalue weighted by molar-refractivity contribution is 0.145. The Morgan fingerprint density at radius 2 is 2.07 bits per heavy atom. The fourth-order valence-corrected chi connectivity index (χ4v) is 3.37. The van der Waals surface area contributed by atoms with E-state index in [1.807, 2.05) is 0 Å². The van der Waals surface area contributed by atoms with Gasteiger partial charge in [0, 0.05) is 25.8 Å². The second-order valence-electron chi connectivity index (χ2n) is 6.49. The van der Waals surface area contributed by atoms with E-state index in [2.05, 4.69) is 66.4 Å². The molecule has 0 aliphatic rings. The first kappa shape index (κ1) is 21.3. The average molecular weight is 390 g/mol. The van der Waals surface area contributed by atoms with Gasteiger partial charge in [0.25, 0.3) is 0 Å². The van der Waals surface area contributed by atoms with Gasteiger partial charge in [0.15, 0.2) is 5.96 Å². The number of thiophene rings is 1. The van der Waals surface area contributed by atoms with E-state index >= 15 is 0 Å². The summed E-state index contributed by atoms with van der Waals surface area (Å²) in [4.78, 5) is 4.74. The lowest BCUT2D eigenvalue weighted by Crippen LogP contribution is -2.39. The van der Waals surface area contributed by atoms with Crippen LogP contribution in [0.4, 0.5) is 0 Å². The third kappa shape index (κ3) is 7.23. The minimum Gasteiger partial charge on any atom is -0.491 e. The minimum absolute atomic E-state index is 0.437. The van der Waals surface area contributed by atoms with Crippen molar-refractivity contribution >= 4 is 17.3 Å². The fourth-order valence-electron chi connectivity index (χ4n) is 2.59. The molecule has 0 spiro atoms. The maximum atomic E-state index is 5.86. The first-order valence-corrected chi connectivity index (χ1v) is 10.3. The van der Waals surface area contributed by atoms with E-state index in [1.165, 1.54) is 11.1 Å². The second-order valence-corrected chi connectivity index (χ2v) is 7.27. The van der Waals surface area contributed by atoms with Crippen molar-refractivity contribution in [2.45, 2.75) is 33.2 Å². The summed E-state index contributed by atoms with van der Waals surface area (Å²) in [6, 6.07) is 8.40. The van der Waals surface area contributed by atoms with E-state index in [0.29, 0.717) is 25.7 Å². The number of rotatable bonds is 10. The number of aliphatic imine (C=N–C) groups is 1. The molecule has 1 aromatic carbocycles. The summed E-state index contributed by atoms with van der Waals surface area (Å²) in [5, 5.41) is 11.1. The minimum atomic E-state index is 0.437. The molecule has 2 aromatic rings. The van der Waals surface area contributed by atoms with Gasteiger partial charge in [0.05, 0.1) is 13.2 Å². The molecule has 0 amide bonds. The zero-order valence-corrected chi connectivity index (χ0v) is 17.6. The molecule has 2 N–H and O–H groups in total. The highest BCUT2D eigenvalue weighted by atomic mass is 32.1. The molecule has 0 radical (unpaired) electrons. The highest BCUT2D eigenvalue weighted by Crippen LogP contribution is 2.21. The Bertz CT molecular complexity index is 701. The van der Waals surface area contributed by atoms with Gasteiger partial charge in [-0.3, -0.25) is 0 Å². The van der Waals surface area contributed by atoms with Crippen molar-refractivity contribution in [3.8, 4) is 5.75 Å². The summed E-state index contributed by atoms with van der Waals surface area (Å²) in [7, 11) is 1.68. The van der Waals surface area contributed by atoms with Crippen LogP contribution in [0.15, 0.2) is 40.0 Å². The molecule has 6 heteroatoms. The summed E-state index contributed by atoms with van der Waals surface area (Å²) in [6.07, 6.45) is 0. The molecular weight excluding hydrogens is 358 g/mol. The van der Waals surface area contributed by atoms with E-state index in [-0.39, 0.29) is 0 Å². The molecule has 0 saturated carbocycles. The van der Waals surface area contributed by atoms with Gasteiger partial charge >= 0.3 is 0 Å². The molecule has 5 nitrogen and oxygen atoms in total. The number of methoxy groups -OCH3 is 1. The van der Waals surface area contributed by atoms with Crippen LogP contribution in [0.25, 0.3) is 0 Å². The Hall–Kier alpha value is -2.05. The molecule has 0 fully saturated rings. The van der Waals surface area contributed by atoms with Crippen molar-refractivity contribution in [3.05, 3.63) is 51.7 Å². The number of aryl methyl sites for hydroxylation is 1. The standard InChI is InChI=1S/C21H31N3O2S/c1-5-22-21(23-13-17(3)19-8-11-27-15-19)24-14-18-7-6-16(2)12-20(18)26-10-9-25-4/h6-8,11-12,15,17H,5,9-10,13-14H2,1-4H3,(H2,22,23,24). The summed E-state index contributed by atoms with van der Waals surface area (Å²) < 4.78 is 10.9. The van der Waals surface area contributed by atoms with E-state index in [9.17, 15) is 0 Å². The van der Waals surface area contributed by atoms with Gasteiger partial charge in [0.2, 0.25) is 0 Å². The van der Waals surface area contributed by atoms with Gasteiger partial charge in [-0.1, -0.05) is 19.1 Å². The number of ether oxygens (including phenoxy) is 2. The first-order chi connectivity index (χ1) is 13.1. The van der Waals surface area contributed by atoms with Crippen LogP contribution in [-0.2, 0) is 11.3 Å². The number of guanidine groups is 1. The fraction of sp³-hybridized carbons (Fsp3) is 0.476. The highest BCUT2D eigenvalue weighted by molar-refractivity contribution is 7.07. The number of hydrogen-bond acceptors (Lipinski definition) is 4. The number of hydrogen-bond donors (Lipinski definition) is 2. The van der Waals surface area contributed by atoms with Crippen LogP contribution in [0.5, 0.6) is 5.75 Å². The van der Waals surface area contributed by atoms with Crippen LogP contribution in [-0.4, -0.2) is 39.4 Å². The van der Waals surface area contributed by atoms with Crippen LogP contribution >= 0.6 is 11.3 Å². The SMILES string of the molecule is CCNC(=NCc1ccc(C)cc1OCCOC)NCC(C)c1ccsc1. The van der Waals surface area contributed by atoms with Crippen molar-refractivity contribution in [1.29, 1.82) is 0 Å². The number of benzene rings is 1. The van der Waals surface area contributed by atoms with Crippen molar-refractivity contribution in [3.63, 3.8) is 0 Å². The van der Waals surface area contributed by atoms with Gasteiger partial charge in [-0.15, -0.1) is 0 Å². The molecule has 1 atom stereocenters. The van der Waals surface area contributed by atoms with E-state index in [0.717, 1.165) is 30.4 Å². The zero-order valence-electron chi connectivity index (χ0n) is 16.7. The molecule has 1 heterocycles. The van der Waals surface area contributed by atoms with Crippen molar-refractivity contribution in [2.75, 3.05) is 33.4 Å². The number of nitrogens with zero attached hydrogens (tertiary/aromatic N) is 1. The predicted molar refractivity (Wildman–Crippen MR) is 114 cm³/mol. The third-order valence-corrected chi connectivity index (χ3v) is 4.91. The first-order valence-electron chi connectivity index (χ1n) is 9.39. The summed E-state index contributed by atoms with van der Waals surface area (Å²) in [6.45, 7) is 9.69. The summed E-state index contributed by atoms with van der Waals surface area (Å²) >= 11 is 1.73. The van der Waals surface area contributed by atoms with Gasteiger partial charge in [-0.25, -0.2) is 4.99 Å². The monoisotopic (exact) mass is 389 g/mol. The molecule has 1 unspecified atom stereocenters. The molecule has 27 heavy (non-hydrogen) atoms. The van der Waals surface area contributed by atoms with Crippen LogP contribution in [0.3, 0.4) is 0 Å². The normalized spacial score (nSPS) is 12.7.